The van der Waals surface area contributed by atoms with Crippen LogP contribution in [0.25, 0.3) is 5.65 Å². The zero-order valence-corrected chi connectivity index (χ0v) is 13.7. The second-order valence-corrected chi connectivity index (χ2v) is 6.17. The minimum Gasteiger partial charge on any atom is -0.313 e. The number of allylic oxidation sites excluding steroid dienone is 2. The lowest BCUT2D eigenvalue weighted by Gasteiger charge is -2.23. The van der Waals surface area contributed by atoms with Crippen LogP contribution in [0.15, 0.2) is 54.0 Å². The van der Waals surface area contributed by atoms with E-state index in [1.807, 2.05) is 12.3 Å². The molecule has 24 heavy (non-hydrogen) atoms. The minimum absolute atomic E-state index is 0.145. The van der Waals surface area contributed by atoms with E-state index in [1.54, 1.807) is 17.2 Å². The highest BCUT2D eigenvalue weighted by Crippen LogP contribution is 2.22. The Morgan fingerprint density at radius 2 is 2.29 bits per heavy atom. The van der Waals surface area contributed by atoms with Gasteiger partial charge in [0.2, 0.25) is 0 Å². The quantitative estimate of drug-likeness (QED) is 0.909. The van der Waals surface area contributed by atoms with E-state index < -0.39 is 0 Å². The van der Waals surface area contributed by atoms with Gasteiger partial charge >= 0.3 is 0 Å². The molecule has 2 aromatic rings. The van der Waals surface area contributed by atoms with Crippen LogP contribution in [0, 0.1) is 0 Å². The number of fused-ring (bicyclic) bond motifs is 1. The molecule has 0 spiro atoms. The molecule has 0 fully saturated rings. The summed E-state index contributed by atoms with van der Waals surface area (Å²) in [4.78, 5) is 18.6. The second-order valence-electron chi connectivity index (χ2n) is 5.73. The van der Waals surface area contributed by atoms with Crippen LogP contribution >= 0.6 is 11.6 Å². The maximum absolute atomic E-state index is 12.8. The predicted molar refractivity (Wildman–Crippen MR) is 91.8 cm³/mol. The Balaban J connectivity index is 1.62. The van der Waals surface area contributed by atoms with Crippen LogP contribution in [0.1, 0.15) is 16.9 Å². The minimum atomic E-state index is -0.145. The number of hydrogen-bond donors (Lipinski definition) is 1. The first-order valence-electron chi connectivity index (χ1n) is 7.81. The Bertz CT molecular complexity index is 896. The zero-order valence-electron chi connectivity index (χ0n) is 12.9. The first-order chi connectivity index (χ1) is 11.7. The average Bonchev–Trinajstić information content (AvgIpc) is 3.05. The Hall–Kier alpha value is -2.44. The van der Waals surface area contributed by atoms with E-state index in [2.05, 4.69) is 27.6 Å². The molecule has 0 bridgehead atoms. The topological polar surface area (TPSA) is 62.5 Å². The largest absolute Gasteiger partial charge is 0.313 e. The summed E-state index contributed by atoms with van der Waals surface area (Å²) in [5, 5.41) is 8.06. The summed E-state index contributed by atoms with van der Waals surface area (Å²) in [6.45, 7) is 2.37. The second kappa shape index (κ2) is 6.22. The summed E-state index contributed by atoms with van der Waals surface area (Å²) in [5.74, 6) is -0.145. The number of aromatic nitrogens is 3. The van der Waals surface area contributed by atoms with Crippen LogP contribution in [-0.2, 0) is 0 Å². The van der Waals surface area contributed by atoms with Crippen molar-refractivity contribution in [3.05, 3.63) is 64.8 Å². The summed E-state index contributed by atoms with van der Waals surface area (Å²) in [5.41, 5.74) is 3.31. The summed E-state index contributed by atoms with van der Waals surface area (Å²) in [7, 11) is 0. The highest BCUT2D eigenvalue weighted by molar-refractivity contribution is 6.30. The van der Waals surface area contributed by atoms with E-state index in [-0.39, 0.29) is 5.91 Å². The summed E-state index contributed by atoms with van der Waals surface area (Å²) in [6, 6.07) is 1.67. The monoisotopic (exact) mass is 341 g/mol. The first kappa shape index (κ1) is 15.1. The smallest absolute Gasteiger partial charge is 0.278 e. The third kappa shape index (κ3) is 2.86. The van der Waals surface area contributed by atoms with Crippen molar-refractivity contribution in [3.63, 3.8) is 0 Å². The molecule has 2 aliphatic heterocycles. The molecule has 0 saturated heterocycles. The van der Waals surface area contributed by atoms with Gasteiger partial charge in [-0.15, -0.1) is 0 Å². The zero-order chi connectivity index (χ0) is 16.5. The van der Waals surface area contributed by atoms with Gasteiger partial charge in [-0.2, -0.15) is 5.10 Å². The molecule has 2 aliphatic rings. The first-order valence-corrected chi connectivity index (χ1v) is 8.19. The maximum atomic E-state index is 12.8. The standard InChI is InChI=1S/C17H16ClN5O/c18-14-9-20-16-8-15(21-23(16)11-14)17(24)22-7-1-2-13(10-22)12-3-5-19-6-4-12/h1-3,8-11,19H,4-7H2. The lowest BCUT2D eigenvalue weighted by Crippen LogP contribution is -2.29. The van der Waals surface area contributed by atoms with Crippen molar-refractivity contribution in [2.24, 2.45) is 0 Å². The molecular formula is C17H16ClN5O. The fourth-order valence-corrected chi connectivity index (χ4v) is 3.02. The normalized spacial score (nSPS) is 17.8. The van der Waals surface area contributed by atoms with Crippen LogP contribution in [0.3, 0.4) is 0 Å². The fourth-order valence-electron chi connectivity index (χ4n) is 2.88. The van der Waals surface area contributed by atoms with Crippen LogP contribution < -0.4 is 5.32 Å². The fraction of sp³-hybridized carbons (Fsp3) is 0.235. The van der Waals surface area contributed by atoms with E-state index in [1.165, 1.54) is 16.3 Å². The molecule has 0 atom stereocenters. The van der Waals surface area contributed by atoms with Crippen molar-refractivity contribution in [1.29, 1.82) is 0 Å². The molecule has 0 radical (unpaired) electrons. The molecule has 6 nitrogen and oxygen atoms in total. The van der Waals surface area contributed by atoms with Crippen molar-refractivity contribution < 1.29 is 4.79 Å². The molecule has 0 aromatic carbocycles. The SMILES string of the molecule is O=C(c1cc2ncc(Cl)cn2n1)N1C=C(C2=CCNCC2)C=CC1. The van der Waals surface area contributed by atoms with Gasteiger partial charge in [0.15, 0.2) is 11.3 Å². The Morgan fingerprint density at radius 1 is 1.38 bits per heavy atom. The highest BCUT2D eigenvalue weighted by atomic mass is 35.5. The summed E-state index contributed by atoms with van der Waals surface area (Å²) < 4.78 is 1.52. The Labute approximate surface area is 144 Å². The van der Waals surface area contributed by atoms with Gasteiger partial charge in [0.05, 0.1) is 11.2 Å². The summed E-state index contributed by atoms with van der Waals surface area (Å²) >= 11 is 5.91. The summed E-state index contributed by atoms with van der Waals surface area (Å²) in [6.07, 6.45) is 12.3. The molecule has 7 heteroatoms. The highest BCUT2D eigenvalue weighted by Gasteiger charge is 2.20. The van der Waals surface area contributed by atoms with Crippen molar-refractivity contribution in [1.82, 2.24) is 24.8 Å². The van der Waals surface area contributed by atoms with E-state index in [9.17, 15) is 4.79 Å². The predicted octanol–water partition coefficient (Wildman–Crippen LogP) is 2.20. The lowest BCUT2D eigenvalue weighted by molar-refractivity contribution is 0.0827. The van der Waals surface area contributed by atoms with Crippen LogP contribution in [0.5, 0.6) is 0 Å². The van der Waals surface area contributed by atoms with Gasteiger partial charge in [-0.25, -0.2) is 9.50 Å². The van der Waals surface area contributed by atoms with Gasteiger partial charge in [0.25, 0.3) is 5.91 Å². The molecule has 0 aliphatic carbocycles. The van der Waals surface area contributed by atoms with E-state index in [0.717, 1.165) is 25.1 Å². The molecule has 1 amide bonds. The van der Waals surface area contributed by atoms with Gasteiger partial charge < -0.3 is 10.2 Å². The van der Waals surface area contributed by atoms with E-state index >= 15 is 0 Å². The molecule has 0 saturated carbocycles. The number of carbonyl (C=O) groups is 1. The molecule has 0 unspecified atom stereocenters. The van der Waals surface area contributed by atoms with Crippen molar-refractivity contribution >= 4 is 23.2 Å². The molecule has 2 aromatic heterocycles. The average molecular weight is 342 g/mol. The lowest BCUT2D eigenvalue weighted by atomic mass is 9.99. The third-order valence-electron chi connectivity index (χ3n) is 4.09. The third-order valence-corrected chi connectivity index (χ3v) is 4.29. The van der Waals surface area contributed by atoms with Gasteiger partial charge in [0.1, 0.15) is 0 Å². The number of nitrogens with zero attached hydrogens (tertiary/aromatic N) is 4. The van der Waals surface area contributed by atoms with Crippen LogP contribution in [-0.4, -0.2) is 45.0 Å². The van der Waals surface area contributed by atoms with Crippen molar-refractivity contribution in [2.45, 2.75) is 6.42 Å². The number of halogens is 1. The number of rotatable bonds is 2. The van der Waals surface area contributed by atoms with Crippen LogP contribution in [0.4, 0.5) is 0 Å². The van der Waals surface area contributed by atoms with Gasteiger partial charge in [-0.05, 0) is 24.1 Å². The number of carbonyl (C=O) groups excluding carboxylic acids is 1. The molecule has 4 heterocycles. The van der Waals surface area contributed by atoms with Gasteiger partial charge in [-0.3, -0.25) is 4.79 Å². The molecular weight excluding hydrogens is 326 g/mol. The van der Waals surface area contributed by atoms with Gasteiger partial charge in [-0.1, -0.05) is 29.8 Å². The van der Waals surface area contributed by atoms with Gasteiger partial charge in [0, 0.05) is 31.6 Å². The van der Waals surface area contributed by atoms with Crippen LogP contribution in [0.2, 0.25) is 5.02 Å². The Kier molecular flexibility index (Phi) is 3.92. The molecule has 122 valence electrons. The van der Waals surface area contributed by atoms with Crippen molar-refractivity contribution in [3.8, 4) is 0 Å². The molecule has 1 N–H and O–H groups in total. The van der Waals surface area contributed by atoms with E-state index in [4.69, 9.17) is 11.6 Å². The number of hydrogen-bond acceptors (Lipinski definition) is 4. The number of amides is 1. The van der Waals surface area contributed by atoms with E-state index in [0.29, 0.717) is 22.9 Å². The number of nitrogens with one attached hydrogen (secondary N) is 1. The maximum Gasteiger partial charge on any atom is 0.278 e. The Morgan fingerprint density at radius 3 is 3.12 bits per heavy atom. The molecule has 4 rings (SSSR count). The van der Waals surface area contributed by atoms with Crippen molar-refractivity contribution in [2.75, 3.05) is 19.6 Å².